The minimum atomic E-state index is -0.591. The van der Waals surface area contributed by atoms with Crippen LogP contribution in [-0.2, 0) is 0 Å². The van der Waals surface area contributed by atoms with Gasteiger partial charge in [-0.2, -0.15) is 0 Å². The van der Waals surface area contributed by atoms with E-state index in [-0.39, 0.29) is 23.8 Å². The summed E-state index contributed by atoms with van der Waals surface area (Å²) < 4.78 is 11.0. The molecule has 2 aromatic rings. The highest BCUT2D eigenvalue weighted by atomic mass is 35.5. The molecule has 0 aliphatic carbocycles. The Bertz CT molecular complexity index is 875. The number of non-ortho nitro benzene ring substituents is 1. The van der Waals surface area contributed by atoms with E-state index in [0.29, 0.717) is 12.3 Å². The predicted octanol–water partition coefficient (Wildman–Crippen LogP) is 5.71. The number of carbonyl (C=O) groups is 1. The first-order chi connectivity index (χ1) is 15.4. The van der Waals surface area contributed by atoms with Crippen LogP contribution in [0.5, 0.6) is 11.5 Å². The molecule has 0 spiro atoms. The second kappa shape index (κ2) is 14.9. The van der Waals surface area contributed by atoms with E-state index in [0.717, 1.165) is 31.7 Å². The van der Waals surface area contributed by atoms with Gasteiger partial charge in [-0.05, 0) is 62.8 Å². The van der Waals surface area contributed by atoms with Gasteiger partial charge < -0.3 is 14.4 Å². The van der Waals surface area contributed by atoms with Crippen LogP contribution in [0.2, 0.25) is 0 Å². The lowest BCUT2D eigenvalue weighted by Crippen LogP contribution is -2.29. The fourth-order valence-corrected chi connectivity index (χ4v) is 3.02. The molecule has 9 heteroatoms. The number of anilines is 1. The Morgan fingerprint density at radius 3 is 2.21 bits per heavy atom. The lowest BCUT2D eigenvalue weighted by atomic mass is 10.2. The average Bonchev–Trinajstić information content (AvgIpc) is 2.79. The highest BCUT2D eigenvalue weighted by Crippen LogP contribution is 2.22. The van der Waals surface area contributed by atoms with E-state index >= 15 is 0 Å². The number of nitrogens with zero attached hydrogens (tertiary/aromatic N) is 3. The Labute approximate surface area is 201 Å². The Hall–Kier alpha value is -3.10. The zero-order valence-electron chi connectivity index (χ0n) is 19.1. The smallest absolute Gasteiger partial charge is 0.419 e. The van der Waals surface area contributed by atoms with Gasteiger partial charge in [0.25, 0.3) is 5.69 Å². The third-order valence-electron chi connectivity index (χ3n) is 4.89. The molecule has 8 nitrogen and oxygen atoms in total. The topological polar surface area (TPSA) is 85.2 Å². The van der Waals surface area contributed by atoms with Crippen molar-refractivity contribution >= 4 is 29.9 Å². The maximum Gasteiger partial charge on any atom is 0.419 e. The van der Waals surface area contributed by atoms with Gasteiger partial charge in [-0.15, -0.1) is 19.0 Å². The normalized spacial score (nSPS) is 10.3. The first kappa shape index (κ1) is 27.9. The van der Waals surface area contributed by atoms with Crippen LogP contribution in [0, 0.1) is 10.1 Å². The van der Waals surface area contributed by atoms with E-state index in [2.05, 4.69) is 18.5 Å². The second-order valence-electron chi connectivity index (χ2n) is 7.49. The van der Waals surface area contributed by atoms with Crippen molar-refractivity contribution in [3.63, 3.8) is 0 Å². The van der Waals surface area contributed by atoms with Crippen molar-refractivity contribution < 1.29 is 19.2 Å². The molecule has 2 aromatic carbocycles. The Morgan fingerprint density at radius 2 is 1.61 bits per heavy atom. The Balaban J connectivity index is 0.00000544. The van der Waals surface area contributed by atoms with Crippen molar-refractivity contribution in [2.75, 3.05) is 38.7 Å². The highest BCUT2D eigenvalue weighted by Gasteiger charge is 2.14. The molecule has 2 rings (SSSR count). The zero-order chi connectivity index (χ0) is 23.3. The van der Waals surface area contributed by atoms with Gasteiger partial charge in [0.2, 0.25) is 0 Å². The van der Waals surface area contributed by atoms with Crippen LogP contribution < -0.4 is 14.4 Å². The van der Waals surface area contributed by atoms with Crippen LogP contribution in [-0.4, -0.2) is 49.7 Å². The molecule has 0 N–H and O–H groups in total. The van der Waals surface area contributed by atoms with Gasteiger partial charge in [0.15, 0.2) is 0 Å². The Morgan fingerprint density at radius 1 is 1.00 bits per heavy atom. The van der Waals surface area contributed by atoms with Gasteiger partial charge in [0.1, 0.15) is 11.5 Å². The molecule has 0 aromatic heterocycles. The molecule has 0 atom stereocenters. The van der Waals surface area contributed by atoms with Crippen molar-refractivity contribution in [1.29, 1.82) is 0 Å². The number of hydrogen-bond donors (Lipinski definition) is 0. The third-order valence-corrected chi connectivity index (χ3v) is 4.89. The number of rotatable bonds is 13. The third kappa shape index (κ3) is 9.93. The molecule has 0 fully saturated rings. The molecule has 0 saturated heterocycles. The SMILES string of the molecule is C=CCN(C)CCCCCCOc1ccc(N(C)C(=O)Oc2ccc([N+](=O)[O-])cc2)cc1.Cl. The van der Waals surface area contributed by atoms with Crippen LogP contribution in [0.1, 0.15) is 25.7 Å². The molecule has 33 heavy (non-hydrogen) atoms. The number of ether oxygens (including phenoxy) is 2. The molecular formula is C24H32ClN3O5. The fourth-order valence-electron chi connectivity index (χ4n) is 3.02. The van der Waals surface area contributed by atoms with Crippen molar-refractivity contribution in [3.05, 3.63) is 71.3 Å². The lowest BCUT2D eigenvalue weighted by Gasteiger charge is -2.17. The summed E-state index contributed by atoms with van der Waals surface area (Å²) >= 11 is 0. The Kier molecular flexibility index (Phi) is 12.6. The summed E-state index contributed by atoms with van der Waals surface area (Å²) in [6, 6.07) is 12.5. The van der Waals surface area contributed by atoms with Crippen LogP contribution >= 0.6 is 12.4 Å². The number of amides is 1. The van der Waals surface area contributed by atoms with Crippen molar-refractivity contribution in [3.8, 4) is 11.5 Å². The number of nitro benzene ring substituents is 1. The first-order valence-corrected chi connectivity index (χ1v) is 10.6. The van der Waals surface area contributed by atoms with E-state index in [1.165, 1.54) is 42.0 Å². The molecule has 0 bridgehead atoms. The number of benzene rings is 2. The number of unbranched alkanes of at least 4 members (excludes halogenated alkanes) is 3. The van der Waals surface area contributed by atoms with Crippen LogP contribution in [0.15, 0.2) is 61.2 Å². The molecule has 0 aliphatic heterocycles. The zero-order valence-corrected chi connectivity index (χ0v) is 20.0. The van der Waals surface area contributed by atoms with E-state index in [9.17, 15) is 14.9 Å². The summed E-state index contributed by atoms with van der Waals surface area (Å²) in [4.78, 5) is 26.1. The summed E-state index contributed by atoms with van der Waals surface area (Å²) in [5.41, 5.74) is 0.581. The van der Waals surface area contributed by atoms with Crippen molar-refractivity contribution in [1.82, 2.24) is 4.90 Å². The lowest BCUT2D eigenvalue weighted by molar-refractivity contribution is -0.384. The molecule has 0 aliphatic rings. The molecule has 0 unspecified atom stereocenters. The molecule has 0 radical (unpaired) electrons. The molecule has 1 amide bonds. The van der Waals surface area contributed by atoms with E-state index in [4.69, 9.17) is 9.47 Å². The fraction of sp³-hybridized carbons (Fsp3) is 0.375. The van der Waals surface area contributed by atoms with E-state index in [1.807, 2.05) is 18.2 Å². The van der Waals surface area contributed by atoms with Gasteiger partial charge in [0, 0.05) is 31.4 Å². The van der Waals surface area contributed by atoms with Crippen molar-refractivity contribution in [2.24, 2.45) is 0 Å². The van der Waals surface area contributed by atoms with Crippen molar-refractivity contribution in [2.45, 2.75) is 25.7 Å². The number of likely N-dealkylation sites (N-methyl/N-ethyl adjacent to an activating group) is 1. The summed E-state index contributed by atoms with van der Waals surface area (Å²) in [6.45, 7) is 6.39. The van der Waals surface area contributed by atoms with Gasteiger partial charge in [0.05, 0.1) is 11.5 Å². The largest absolute Gasteiger partial charge is 0.494 e. The number of nitro groups is 1. The summed E-state index contributed by atoms with van der Waals surface area (Å²) in [5, 5.41) is 10.7. The second-order valence-corrected chi connectivity index (χ2v) is 7.49. The molecule has 0 saturated carbocycles. The summed E-state index contributed by atoms with van der Waals surface area (Å²) in [6.07, 6.45) is 5.78. The monoisotopic (exact) mass is 477 g/mol. The molecule has 0 heterocycles. The molecule has 180 valence electrons. The number of hydrogen-bond acceptors (Lipinski definition) is 6. The highest BCUT2D eigenvalue weighted by molar-refractivity contribution is 5.88. The van der Waals surface area contributed by atoms with Gasteiger partial charge in [-0.25, -0.2) is 4.79 Å². The van der Waals surface area contributed by atoms with Crippen LogP contribution in [0.4, 0.5) is 16.2 Å². The standard InChI is InChI=1S/C24H31N3O5.ClH/c1-4-17-25(2)18-7-5-6-8-19-31-22-13-9-20(10-14-22)26(3)24(28)32-23-15-11-21(12-16-23)27(29)30;/h4,9-16H,1,5-8,17-19H2,2-3H3;1H. The number of halogens is 1. The van der Waals surface area contributed by atoms with E-state index in [1.54, 1.807) is 19.2 Å². The summed E-state index contributed by atoms with van der Waals surface area (Å²) in [7, 11) is 3.69. The van der Waals surface area contributed by atoms with Gasteiger partial charge in [-0.1, -0.05) is 18.9 Å². The average molecular weight is 478 g/mol. The van der Waals surface area contributed by atoms with Crippen LogP contribution in [0.25, 0.3) is 0 Å². The number of carbonyl (C=O) groups excluding carboxylic acids is 1. The van der Waals surface area contributed by atoms with Gasteiger partial charge >= 0.3 is 6.09 Å². The van der Waals surface area contributed by atoms with Crippen LogP contribution in [0.3, 0.4) is 0 Å². The maximum atomic E-state index is 12.3. The predicted molar refractivity (Wildman–Crippen MR) is 133 cm³/mol. The minimum Gasteiger partial charge on any atom is -0.494 e. The van der Waals surface area contributed by atoms with Gasteiger partial charge in [-0.3, -0.25) is 15.0 Å². The quantitative estimate of drug-likeness (QED) is 0.159. The molecular weight excluding hydrogens is 446 g/mol. The van der Waals surface area contributed by atoms with E-state index < -0.39 is 11.0 Å². The maximum absolute atomic E-state index is 12.3. The first-order valence-electron chi connectivity index (χ1n) is 10.6. The summed E-state index contributed by atoms with van der Waals surface area (Å²) in [5.74, 6) is 0.983. The minimum absolute atomic E-state index is 0.